The molecule has 1 aliphatic rings. The van der Waals surface area contributed by atoms with Crippen LogP contribution in [0.4, 0.5) is 11.4 Å². The number of fused-ring (bicyclic) bond motifs is 1. The van der Waals surface area contributed by atoms with Gasteiger partial charge in [-0.3, -0.25) is 9.52 Å². The summed E-state index contributed by atoms with van der Waals surface area (Å²) >= 11 is 1.57. The zero-order chi connectivity index (χ0) is 22.9. The Kier molecular flexibility index (Phi) is 6.18. The molecule has 3 N–H and O–H groups in total. The molecule has 1 aliphatic heterocycles. The van der Waals surface area contributed by atoms with E-state index >= 15 is 0 Å². The fourth-order valence-electron chi connectivity index (χ4n) is 3.64. The summed E-state index contributed by atoms with van der Waals surface area (Å²) in [6, 6.07) is 6.87. The summed E-state index contributed by atoms with van der Waals surface area (Å²) in [6.07, 6.45) is 2.27. The van der Waals surface area contributed by atoms with Crippen LogP contribution in [0, 0.1) is 13.8 Å². The number of rotatable bonds is 6. The van der Waals surface area contributed by atoms with Crippen molar-refractivity contribution in [2.24, 2.45) is 0 Å². The lowest BCUT2D eigenvalue weighted by Crippen LogP contribution is -2.25. The molecule has 8 nitrogen and oxygen atoms in total. The molecule has 0 saturated heterocycles. The van der Waals surface area contributed by atoms with Crippen LogP contribution in [0.2, 0.25) is 0 Å². The van der Waals surface area contributed by atoms with E-state index in [2.05, 4.69) is 20.3 Å². The van der Waals surface area contributed by atoms with Crippen LogP contribution >= 0.6 is 11.3 Å². The van der Waals surface area contributed by atoms with E-state index in [1.807, 2.05) is 37.4 Å². The molecule has 1 amide bonds. The number of benzene rings is 1. The van der Waals surface area contributed by atoms with Crippen molar-refractivity contribution in [3.8, 4) is 5.88 Å². The molecule has 3 aromatic rings. The molecule has 4 rings (SSSR count). The second-order valence-electron chi connectivity index (χ2n) is 7.54. The molecule has 0 fully saturated rings. The van der Waals surface area contributed by atoms with Gasteiger partial charge in [0.05, 0.1) is 30.2 Å². The smallest absolute Gasteiger partial charge is 0.267 e. The summed E-state index contributed by atoms with van der Waals surface area (Å²) in [4.78, 5) is 18.0. The number of aromatic nitrogens is 1. The number of hydrogen-bond donors (Lipinski definition) is 3. The SMILES string of the molecule is COc1ncc(NC(=O)c2csc3c2CNCC3)cc1S(=O)(=O)Nc1c(C)cccc1C. The number of amides is 1. The third-order valence-electron chi connectivity index (χ3n) is 5.33. The molecular formula is C22H24N4O4S2. The van der Waals surface area contributed by atoms with Gasteiger partial charge >= 0.3 is 0 Å². The molecule has 0 spiro atoms. The first kappa shape index (κ1) is 22.3. The van der Waals surface area contributed by atoms with Crippen molar-refractivity contribution in [1.29, 1.82) is 0 Å². The van der Waals surface area contributed by atoms with Crippen LogP contribution in [0.15, 0.2) is 40.7 Å². The average molecular weight is 473 g/mol. The number of carbonyl (C=O) groups is 1. The Balaban J connectivity index is 1.64. The number of methoxy groups -OCH3 is 1. The second-order valence-corrected chi connectivity index (χ2v) is 10.2. The molecule has 10 heteroatoms. The lowest BCUT2D eigenvalue weighted by molar-refractivity contribution is 0.102. The number of carbonyl (C=O) groups excluding carboxylic acids is 1. The monoisotopic (exact) mass is 472 g/mol. The molecule has 2 aromatic heterocycles. The van der Waals surface area contributed by atoms with E-state index in [-0.39, 0.29) is 22.4 Å². The quantitative estimate of drug-likeness (QED) is 0.507. The van der Waals surface area contributed by atoms with E-state index in [1.165, 1.54) is 24.3 Å². The molecular weight excluding hydrogens is 448 g/mol. The maximum Gasteiger partial charge on any atom is 0.267 e. The number of pyridine rings is 1. The minimum absolute atomic E-state index is 0.0566. The lowest BCUT2D eigenvalue weighted by atomic mass is 10.1. The molecule has 1 aromatic carbocycles. The molecule has 0 atom stereocenters. The third-order valence-corrected chi connectivity index (χ3v) is 7.77. The number of aryl methyl sites for hydroxylation is 2. The molecule has 0 unspecified atom stereocenters. The highest BCUT2D eigenvalue weighted by Crippen LogP contribution is 2.30. The van der Waals surface area contributed by atoms with Crippen molar-refractivity contribution in [2.75, 3.05) is 23.7 Å². The number of ether oxygens (including phenoxy) is 1. The molecule has 32 heavy (non-hydrogen) atoms. The molecule has 0 saturated carbocycles. The maximum atomic E-state index is 13.2. The van der Waals surface area contributed by atoms with Crippen molar-refractivity contribution in [3.63, 3.8) is 0 Å². The highest BCUT2D eigenvalue weighted by Gasteiger charge is 2.25. The van der Waals surface area contributed by atoms with Gasteiger partial charge in [-0.25, -0.2) is 13.4 Å². The van der Waals surface area contributed by atoms with Gasteiger partial charge in [0, 0.05) is 23.3 Å². The van der Waals surface area contributed by atoms with E-state index in [0.29, 0.717) is 17.8 Å². The largest absolute Gasteiger partial charge is 0.480 e. The van der Waals surface area contributed by atoms with Crippen LogP contribution in [0.5, 0.6) is 5.88 Å². The number of sulfonamides is 1. The predicted octanol–water partition coefficient (Wildman–Crippen LogP) is 3.47. The molecule has 0 radical (unpaired) electrons. The standard InChI is InChI=1S/C22H24N4O4S2/c1-13-5-4-6-14(2)20(13)26-32(28,29)19-9-15(10-24-22(19)30-3)25-21(27)17-12-31-18-7-8-23-11-16(17)18/h4-6,9-10,12,23,26H,7-8,11H2,1-3H3,(H,25,27). The summed E-state index contributed by atoms with van der Waals surface area (Å²) in [5.74, 6) is -0.358. The number of anilines is 2. The highest BCUT2D eigenvalue weighted by molar-refractivity contribution is 7.92. The fraction of sp³-hybridized carbons (Fsp3) is 0.273. The van der Waals surface area contributed by atoms with Crippen LogP contribution in [-0.2, 0) is 23.0 Å². The fourth-order valence-corrected chi connectivity index (χ4v) is 6.04. The van der Waals surface area contributed by atoms with Gasteiger partial charge in [-0.05, 0) is 43.0 Å². The summed E-state index contributed by atoms with van der Waals surface area (Å²) in [5, 5.41) is 7.88. The first-order chi connectivity index (χ1) is 15.3. The van der Waals surface area contributed by atoms with E-state index in [9.17, 15) is 13.2 Å². The van der Waals surface area contributed by atoms with Gasteiger partial charge < -0.3 is 15.4 Å². The summed E-state index contributed by atoms with van der Waals surface area (Å²) in [5.41, 5.74) is 3.93. The van der Waals surface area contributed by atoms with Gasteiger partial charge in [-0.1, -0.05) is 18.2 Å². The van der Waals surface area contributed by atoms with Crippen LogP contribution in [0.3, 0.4) is 0 Å². The second kappa shape index (κ2) is 8.89. The minimum Gasteiger partial charge on any atom is -0.480 e. The zero-order valence-electron chi connectivity index (χ0n) is 18.0. The Morgan fingerprint density at radius 3 is 2.72 bits per heavy atom. The zero-order valence-corrected chi connectivity index (χ0v) is 19.6. The predicted molar refractivity (Wildman–Crippen MR) is 125 cm³/mol. The van der Waals surface area contributed by atoms with Crippen molar-refractivity contribution >= 4 is 38.6 Å². The van der Waals surface area contributed by atoms with Crippen molar-refractivity contribution in [2.45, 2.75) is 31.7 Å². The summed E-state index contributed by atoms with van der Waals surface area (Å²) < 4.78 is 34.2. The third kappa shape index (κ3) is 4.34. The van der Waals surface area contributed by atoms with Crippen molar-refractivity contribution in [3.05, 3.63) is 63.0 Å². The van der Waals surface area contributed by atoms with E-state index in [4.69, 9.17) is 4.74 Å². The first-order valence-electron chi connectivity index (χ1n) is 10.0. The molecule has 168 valence electrons. The number of hydrogen-bond acceptors (Lipinski definition) is 7. The Morgan fingerprint density at radius 1 is 1.25 bits per heavy atom. The number of para-hydroxylation sites is 1. The maximum absolute atomic E-state index is 13.2. The number of thiophene rings is 1. The molecule has 3 heterocycles. The Bertz CT molecular complexity index is 1260. The summed E-state index contributed by atoms with van der Waals surface area (Å²) in [6.45, 7) is 5.19. The number of nitrogens with one attached hydrogen (secondary N) is 3. The van der Waals surface area contributed by atoms with Gasteiger partial charge in [0.1, 0.15) is 0 Å². The Labute approximate surface area is 191 Å². The van der Waals surface area contributed by atoms with Crippen LogP contribution in [0.25, 0.3) is 0 Å². The van der Waals surface area contributed by atoms with Gasteiger partial charge in [-0.15, -0.1) is 11.3 Å². The molecule has 0 bridgehead atoms. The van der Waals surface area contributed by atoms with Gasteiger partial charge in [0.25, 0.3) is 15.9 Å². The van der Waals surface area contributed by atoms with E-state index in [0.717, 1.165) is 29.7 Å². The number of nitrogens with zero attached hydrogens (tertiary/aromatic N) is 1. The average Bonchev–Trinajstić information content (AvgIpc) is 3.21. The Hall–Kier alpha value is -2.95. The minimum atomic E-state index is -4.02. The van der Waals surface area contributed by atoms with Gasteiger partial charge in [0.2, 0.25) is 5.88 Å². The normalized spacial score (nSPS) is 13.3. The topological polar surface area (TPSA) is 109 Å². The van der Waals surface area contributed by atoms with Gasteiger partial charge in [-0.2, -0.15) is 0 Å². The van der Waals surface area contributed by atoms with Crippen LogP contribution < -0.4 is 20.1 Å². The first-order valence-corrected chi connectivity index (χ1v) is 12.4. The van der Waals surface area contributed by atoms with Crippen molar-refractivity contribution < 1.29 is 17.9 Å². The van der Waals surface area contributed by atoms with Crippen LogP contribution in [-0.4, -0.2) is 33.0 Å². The van der Waals surface area contributed by atoms with Crippen molar-refractivity contribution in [1.82, 2.24) is 10.3 Å². The lowest BCUT2D eigenvalue weighted by Gasteiger charge is -2.16. The summed E-state index contributed by atoms with van der Waals surface area (Å²) in [7, 11) is -2.67. The molecule has 0 aliphatic carbocycles. The van der Waals surface area contributed by atoms with Gasteiger partial charge in [0.15, 0.2) is 4.90 Å². The Morgan fingerprint density at radius 2 is 2.00 bits per heavy atom. The van der Waals surface area contributed by atoms with E-state index in [1.54, 1.807) is 11.3 Å². The van der Waals surface area contributed by atoms with E-state index < -0.39 is 10.0 Å². The van der Waals surface area contributed by atoms with Crippen LogP contribution in [0.1, 0.15) is 31.9 Å². The highest BCUT2D eigenvalue weighted by atomic mass is 32.2.